The van der Waals surface area contributed by atoms with Crippen LogP contribution in [-0.4, -0.2) is 53.8 Å². The lowest BCUT2D eigenvalue weighted by molar-refractivity contribution is -0.153. The maximum absolute atomic E-state index is 13.9. The summed E-state index contributed by atoms with van der Waals surface area (Å²) in [7, 11) is 0. The van der Waals surface area contributed by atoms with Crippen LogP contribution in [-0.2, 0) is 16.1 Å². The summed E-state index contributed by atoms with van der Waals surface area (Å²) in [5.74, 6) is -2.89. The molecule has 1 amide bonds. The van der Waals surface area contributed by atoms with Gasteiger partial charge in [0.1, 0.15) is 6.04 Å². The fraction of sp³-hybridized carbons (Fsp3) is 0.500. The summed E-state index contributed by atoms with van der Waals surface area (Å²) in [4.78, 5) is 23.6. The summed E-state index contributed by atoms with van der Waals surface area (Å²) < 4.78 is 54.7. The Morgan fingerprint density at radius 2 is 2.00 bits per heavy atom. The molecule has 26 heavy (non-hydrogen) atoms. The number of ether oxygens (including phenoxy) is 1. The number of halogens is 4. The number of hydrogen-bond donors (Lipinski definition) is 2. The highest BCUT2D eigenvalue weighted by molar-refractivity contribution is 5.73. The number of carboxylic acid groups (broad SMARTS) is 1. The van der Waals surface area contributed by atoms with Crippen molar-refractivity contribution in [3.05, 3.63) is 29.6 Å². The van der Waals surface area contributed by atoms with Crippen LogP contribution in [0, 0.1) is 5.82 Å². The number of carbonyl (C=O) groups excluding carboxylic acids is 1. The van der Waals surface area contributed by atoms with E-state index < -0.39 is 36.4 Å². The largest absolute Gasteiger partial charge is 0.481 e. The molecule has 1 aromatic carbocycles. The quantitative estimate of drug-likeness (QED) is 0.642. The first kappa shape index (κ1) is 21.7. The summed E-state index contributed by atoms with van der Waals surface area (Å²) >= 11 is 0. The highest BCUT2D eigenvalue weighted by Gasteiger charge is 2.29. The smallest absolute Gasteiger partial charge is 0.422 e. The van der Waals surface area contributed by atoms with Gasteiger partial charge in [-0.15, -0.1) is 0 Å². The molecule has 146 valence electrons. The average molecular weight is 380 g/mol. The van der Waals surface area contributed by atoms with Crippen molar-refractivity contribution in [2.75, 3.05) is 19.7 Å². The van der Waals surface area contributed by atoms with E-state index in [1.165, 1.54) is 24.8 Å². The Kier molecular flexibility index (Phi) is 7.81. The number of aliphatic carboxylic acids is 1. The van der Waals surface area contributed by atoms with Crippen molar-refractivity contribution in [2.45, 2.75) is 32.6 Å². The number of benzene rings is 1. The SMILES string of the molecule is CC(=O)NCCN(Cc1ccc(OCC(F)(F)F)c(F)c1)C(C)C(=O)O. The molecule has 0 aliphatic carbocycles. The standard InChI is InChI=1S/C16H20F4N2O4/c1-10(15(24)25)22(6-5-21-11(2)23)8-12-3-4-14(13(17)7-12)26-9-16(18,19)20/h3-4,7,10H,5-6,8-9H2,1-2H3,(H,21,23)(H,24,25). The molecule has 0 bridgehead atoms. The Hall–Kier alpha value is -2.36. The Morgan fingerprint density at radius 1 is 1.35 bits per heavy atom. The third-order valence-corrected chi connectivity index (χ3v) is 3.45. The van der Waals surface area contributed by atoms with Crippen LogP contribution >= 0.6 is 0 Å². The van der Waals surface area contributed by atoms with E-state index in [0.717, 1.165) is 12.1 Å². The molecule has 2 N–H and O–H groups in total. The number of alkyl halides is 3. The molecule has 6 nitrogen and oxygen atoms in total. The number of rotatable bonds is 9. The molecule has 1 rings (SSSR count). The van der Waals surface area contributed by atoms with Crippen LogP contribution in [0.1, 0.15) is 19.4 Å². The van der Waals surface area contributed by atoms with Crippen LogP contribution in [0.3, 0.4) is 0 Å². The molecule has 10 heteroatoms. The van der Waals surface area contributed by atoms with Gasteiger partial charge in [0.05, 0.1) is 0 Å². The minimum atomic E-state index is -4.58. The first-order valence-electron chi connectivity index (χ1n) is 7.69. The molecule has 1 unspecified atom stereocenters. The Bertz CT molecular complexity index is 637. The number of carboxylic acids is 1. The highest BCUT2D eigenvalue weighted by atomic mass is 19.4. The zero-order chi connectivity index (χ0) is 19.9. The summed E-state index contributed by atoms with van der Waals surface area (Å²) in [6, 6.07) is 2.50. The van der Waals surface area contributed by atoms with Crippen molar-refractivity contribution in [3.63, 3.8) is 0 Å². The highest BCUT2D eigenvalue weighted by Crippen LogP contribution is 2.23. The molecule has 1 aromatic rings. The van der Waals surface area contributed by atoms with Gasteiger partial charge in [0.25, 0.3) is 0 Å². The summed E-state index contributed by atoms with van der Waals surface area (Å²) in [6.07, 6.45) is -4.58. The van der Waals surface area contributed by atoms with Crippen LogP contribution in [0.25, 0.3) is 0 Å². The Morgan fingerprint density at radius 3 is 2.50 bits per heavy atom. The first-order valence-corrected chi connectivity index (χ1v) is 7.69. The van der Waals surface area contributed by atoms with Gasteiger partial charge in [0.15, 0.2) is 18.2 Å². The molecule has 0 radical (unpaired) electrons. The molecule has 0 aromatic heterocycles. The topological polar surface area (TPSA) is 78.9 Å². The molecular weight excluding hydrogens is 360 g/mol. The maximum Gasteiger partial charge on any atom is 0.422 e. The number of amides is 1. The fourth-order valence-corrected chi connectivity index (χ4v) is 2.10. The number of hydrogen-bond acceptors (Lipinski definition) is 4. The second-order valence-electron chi connectivity index (χ2n) is 5.64. The molecule has 1 atom stereocenters. The fourth-order valence-electron chi connectivity index (χ4n) is 2.10. The second-order valence-corrected chi connectivity index (χ2v) is 5.64. The zero-order valence-corrected chi connectivity index (χ0v) is 14.3. The monoisotopic (exact) mass is 380 g/mol. The van der Waals surface area contributed by atoms with Gasteiger partial charge >= 0.3 is 12.1 Å². The molecule has 0 spiro atoms. The second kappa shape index (κ2) is 9.37. The molecule has 0 aliphatic rings. The normalized spacial score (nSPS) is 12.7. The first-order chi connectivity index (χ1) is 12.0. The minimum absolute atomic E-state index is 0.0313. The summed E-state index contributed by atoms with van der Waals surface area (Å²) in [5.41, 5.74) is 0.359. The average Bonchev–Trinajstić information content (AvgIpc) is 2.51. The van der Waals surface area contributed by atoms with Crippen LogP contribution in [0.4, 0.5) is 17.6 Å². The van der Waals surface area contributed by atoms with Gasteiger partial charge in [-0.05, 0) is 24.6 Å². The van der Waals surface area contributed by atoms with Crippen molar-refractivity contribution in [3.8, 4) is 5.75 Å². The third kappa shape index (κ3) is 7.68. The van der Waals surface area contributed by atoms with Crippen LogP contribution in [0.2, 0.25) is 0 Å². The van der Waals surface area contributed by atoms with E-state index in [1.807, 2.05) is 0 Å². The van der Waals surface area contributed by atoms with E-state index in [-0.39, 0.29) is 25.5 Å². The van der Waals surface area contributed by atoms with Crippen molar-refractivity contribution >= 4 is 11.9 Å². The molecule has 0 saturated heterocycles. The van der Waals surface area contributed by atoms with E-state index in [9.17, 15) is 27.2 Å². The lowest BCUT2D eigenvalue weighted by Crippen LogP contribution is -2.42. The third-order valence-electron chi connectivity index (χ3n) is 3.45. The van der Waals surface area contributed by atoms with Crippen molar-refractivity contribution in [2.24, 2.45) is 0 Å². The summed E-state index contributed by atoms with van der Waals surface area (Å²) in [5, 5.41) is 11.7. The lowest BCUT2D eigenvalue weighted by atomic mass is 10.1. The minimum Gasteiger partial charge on any atom is -0.481 e. The van der Waals surface area contributed by atoms with Gasteiger partial charge in [-0.1, -0.05) is 6.07 Å². The Labute approximate surface area is 147 Å². The zero-order valence-electron chi connectivity index (χ0n) is 14.3. The van der Waals surface area contributed by atoms with Crippen LogP contribution in [0.5, 0.6) is 5.75 Å². The number of carbonyl (C=O) groups is 2. The van der Waals surface area contributed by atoms with Gasteiger partial charge in [-0.2, -0.15) is 13.2 Å². The molecule has 0 fully saturated rings. The predicted octanol–water partition coefficient (Wildman–Crippen LogP) is 2.18. The molecule has 0 aliphatic heterocycles. The van der Waals surface area contributed by atoms with Gasteiger partial charge in [0, 0.05) is 26.6 Å². The molecule has 0 heterocycles. The van der Waals surface area contributed by atoms with E-state index in [0.29, 0.717) is 5.56 Å². The van der Waals surface area contributed by atoms with Gasteiger partial charge in [-0.25, -0.2) is 4.39 Å². The van der Waals surface area contributed by atoms with Crippen LogP contribution in [0.15, 0.2) is 18.2 Å². The van der Waals surface area contributed by atoms with Crippen molar-refractivity contribution in [1.29, 1.82) is 0 Å². The predicted molar refractivity (Wildman–Crippen MR) is 84.1 cm³/mol. The molecule has 0 saturated carbocycles. The van der Waals surface area contributed by atoms with Gasteiger partial charge in [0.2, 0.25) is 5.91 Å². The van der Waals surface area contributed by atoms with Gasteiger partial charge < -0.3 is 15.2 Å². The number of nitrogens with zero attached hydrogens (tertiary/aromatic N) is 1. The van der Waals surface area contributed by atoms with Crippen LogP contribution < -0.4 is 10.1 Å². The van der Waals surface area contributed by atoms with Gasteiger partial charge in [-0.3, -0.25) is 14.5 Å². The van der Waals surface area contributed by atoms with E-state index in [4.69, 9.17) is 5.11 Å². The maximum atomic E-state index is 13.9. The van der Waals surface area contributed by atoms with E-state index >= 15 is 0 Å². The van der Waals surface area contributed by atoms with E-state index in [2.05, 4.69) is 10.1 Å². The van der Waals surface area contributed by atoms with E-state index in [1.54, 1.807) is 0 Å². The van der Waals surface area contributed by atoms with Crippen molar-refractivity contribution in [1.82, 2.24) is 10.2 Å². The lowest BCUT2D eigenvalue weighted by Gasteiger charge is -2.26. The number of nitrogens with one attached hydrogen (secondary N) is 1. The molecular formula is C16H20F4N2O4. The Balaban J connectivity index is 2.81. The summed E-state index contributed by atoms with van der Waals surface area (Å²) in [6.45, 7) is 1.57. The van der Waals surface area contributed by atoms with Crippen molar-refractivity contribution < 1.29 is 37.0 Å².